The summed E-state index contributed by atoms with van der Waals surface area (Å²) in [6.07, 6.45) is 1.84. The molecule has 1 aliphatic rings. The number of aromatic amines is 1. The second-order valence-electron chi connectivity index (χ2n) is 8.07. The Bertz CT molecular complexity index is 1320. The Labute approximate surface area is 191 Å². The lowest BCUT2D eigenvalue weighted by molar-refractivity contribution is 0.144. The largest absolute Gasteiger partial charge is 0.383 e. The Balaban J connectivity index is 1.48. The van der Waals surface area contributed by atoms with Crippen molar-refractivity contribution in [3.8, 4) is 0 Å². The van der Waals surface area contributed by atoms with Gasteiger partial charge in [-0.05, 0) is 35.2 Å². The lowest BCUT2D eigenvalue weighted by Gasteiger charge is -2.36. The van der Waals surface area contributed by atoms with Gasteiger partial charge in [0.1, 0.15) is 9.86 Å². The summed E-state index contributed by atoms with van der Waals surface area (Å²) in [7, 11) is -1.62. The highest BCUT2D eigenvalue weighted by Crippen LogP contribution is 2.34. The molecule has 7 nitrogen and oxygen atoms in total. The zero-order chi connectivity index (χ0) is 22.1. The van der Waals surface area contributed by atoms with Crippen LogP contribution in [0, 0.1) is 0 Å². The van der Waals surface area contributed by atoms with Crippen LogP contribution in [0.1, 0.15) is 5.56 Å². The molecule has 1 aromatic carbocycles. The summed E-state index contributed by atoms with van der Waals surface area (Å²) in [4.78, 5) is 12.8. The van der Waals surface area contributed by atoms with Gasteiger partial charge >= 0.3 is 0 Å². The Morgan fingerprint density at radius 1 is 1.16 bits per heavy atom. The maximum absolute atomic E-state index is 12.8. The number of nitrogens with zero attached hydrogens (tertiary/aromatic N) is 3. The van der Waals surface area contributed by atoms with Gasteiger partial charge in [-0.1, -0.05) is 12.1 Å². The van der Waals surface area contributed by atoms with Crippen molar-refractivity contribution in [1.29, 1.82) is 0 Å². The standard InChI is InChI=1S/C23H26N4O3S2/c1-30-13-12-26-8-10-27(11-9-26)20-6-7-24-23-22(20)18-15-17(4-5-19(18)25-23)16-32(28,29)21-3-2-14-31-21/h2-7,14-15H,8-13,16H2,1H3,(H,24,25). The van der Waals surface area contributed by atoms with E-state index in [1.165, 1.54) is 11.3 Å². The number of thiophene rings is 1. The highest BCUT2D eigenvalue weighted by molar-refractivity contribution is 7.92. The Hall–Kier alpha value is -2.46. The quantitative estimate of drug-likeness (QED) is 0.445. The van der Waals surface area contributed by atoms with E-state index in [1.807, 2.05) is 24.4 Å². The number of hydrogen-bond donors (Lipinski definition) is 1. The van der Waals surface area contributed by atoms with E-state index in [0.717, 1.165) is 72.5 Å². The highest BCUT2D eigenvalue weighted by Gasteiger charge is 2.22. The first kappa shape index (κ1) is 21.4. The molecule has 0 atom stereocenters. The fraction of sp³-hybridized carbons (Fsp3) is 0.348. The van der Waals surface area contributed by atoms with Gasteiger partial charge in [0.05, 0.1) is 18.0 Å². The molecule has 0 unspecified atom stereocenters. The van der Waals surface area contributed by atoms with Crippen molar-refractivity contribution < 1.29 is 13.2 Å². The van der Waals surface area contributed by atoms with E-state index in [-0.39, 0.29) is 5.75 Å². The van der Waals surface area contributed by atoms with Gasteiger partial charge in [-0.3, -0.25) is 4.90 Å². The predicted molar refractivity (Wildman–Crippen MR) is 129 cm³/mol. The van der Waals surface area contributed by atoms with Crippen molar-refractivity contribution in [1.82, 2.24) is 14.9 Å². The Morgan fingerprint density at radius 2 is 2.00 bits per heavy atom. The van der Waals surface area contributed by atoms with Crippen LogP contribution in [0.2, 0.25) is 0 Å². The van der Waals surface area contributed by atoms with Crippen LogP contribution in [0.5, 0.6) is 0 Å². The number of pyridine rings is 1. The van der Waals surface area contributed by atoms with Crippen molar-refractivity contribution >= 4 is 48.8 Å². The van der Waals surface area contributed by atoms with E-state index in [2.05, 4.69) is 25.8 Å². The first-order chi connectivity index (χ1) is 15.5. The molecule has 5 rings (SSSR count). The maximum atomic E-state index is 12.8. The fourth-order valence-corrected chi connectivity index (χ4v) is 6.79. The topological polar surface area (TPSA) is 78.5 Å². The second kappa shape index (κ2) is 8.82. The number of nitrogens with one attached hydrogen (secondary N) is 1. The molecule has 168 valence electrons. The molecule has 9 heteroatoms. The molecule has 1 aliphatic heterocycles. The summed E-state index contributed by atoms with van der Waals surface area (Å²) in [5.41, 5.74) is 3.73. The summed E-state index contributed by atoms with van der Waals surface area (Å²) in [6.45, 7) is 5.54. The average Bonchev–Trinajstić information content (AvgIpc) is 3.46. The van der Waals surface area contributed by atoms with Gasteiger partial charge in [0.15, 0.2) is 9.84 Å². The molecule has 0 amide bonds. The minimum atomic E-state index is -3.35. The molecule has 0 saturated carbocycles. The monoisotopic (exact) mass is 470 g/mol. The molecule has 1 saturated heterocycles. The molecular weight excluding hydrogens is 444 g/mol. The lowest BCUT2D eigenvalue weighted by Crippen LogP contribution is -2.47. The summed E-state index contributed by atoms with van der Waals surface area (Å²) in [6, 6.07) is 11.3. The Kier molecular flexibility index (Phi) is 5.90. The van der Waals surface area contributed by atoms with Gasteiger partial charge in [0.25, 0.3) is 0 Å². The van der Waals surface area contributed by atoms with Gasteiger partial charge in [-0.25, -0.2) is 13.4 Å². The van der Waals surface area contributed by atoms with Crippen LogP contribution in [0.15, 0.2) is 52.2 Å². The van der Waals surface area contributed by atoms with Crippen LogP contribution in [0.4, 0.5) is 5.69 Å². The maximum Gasteiger partial charge on any atom is 0.191 e. The minimum Gasteiger partial charge on any atom is -0.383 e. The molecular formula is C23H26N4O3S2. The van der Waals surface area contributed by atoms with Crippen molar-refractivity contribution in [2.75, 3.05) is 51.3 Å². The van der Waals surface area contributed by atoms with Gasteiger partial charge in [-0.2, -0.15) is 0 Å². The number of hydrogen-bond acceptors (Lipinski definition) is 7. The number of ether oxygens (including phenoxy) is 1. The SMILES string of the molecule is COCCN1CCN(c2ccnc3[nH]c4ccc(CS(=O)(=O)c5cccs5)cc4c23)CC1. The smallest absolute Gasteiger partial charge is 0.191 e. The summed E-state index contributed by atoms with van der Waals surface area (Å²) < 4.78 is 31.2. The molecule has 3 aromatic heterocycles. The number of aromatic nitrogens is 2. The van der Waals surface area contributed by atoms with Crippen LogP contribution in [-0.2, 0) is 20.3 Å². The molecule has 1 N–H and O–H groups in total. The Morgan fingerprint density at radius 3 is 2.75 bits per heavy atom. The van der Waals surface area contributed by atoms with E-state index in [4.69, 9.17) is 4.74 Å². The molecule has 4 heterocycles. The van der Waals surface area contributed by atoms with Crippen LogP contribution < -0.4 is 4.90 Å². The van der Waals surface area contributed by atoms with Gasteiger partial charge in [-0.15, -0.1) is 11.3 Å². The molecule has 0 bridgehead atoms. The predicted octanol–water partition coefficient (Wildman–Crippen LogP) is 3.52. The van der Waals surface area contributed by atoms with Crippen molar-refractivity contribution in [3.63, 3.8) is 0 Å². The van der Waals surface area contributed by atoms with E-state index >= 15 is 0 Å². The van der Waals surface area contributed by atoms with Crippen molar-refractivity contribution in [2.24, 2.45) is 0 Å². The van der Waals surface area contributed by atoms with Crippen LogP contribution in [0.25, 0.3) is 21.9 Å². The third kappa shape index (κ3) is 4.13. The number of sulfone groups is 1. The fourth-order valence-electron chi connectivity index (χ4n) is 4.36. The van der Waals surface area contributed by atoms with Crippen LogP contribution in [0.3, 0.4) is 0 Å². The van der Waals surface area contributed by atoms with Crippen LogP contribution in [-0.4, -0.2) is 69.7 Å². The zero-order valence-electron chi connectivity index (χ0n) is 18.0. The molecule has 4 aromatic rings. The van der Waals surface area contributed by atoms with E-state index in [0.29, 0.717) is 4.21 Å². The third-order valence-corrected chi connectivity index (χ3v) is 9.19. The number of anilines is 1. The normalized spacial score (nSPS) is 15.7. The summed E-state index contributed by atoms with van der Waals surface area (Å²) >= 11 is 1.26. The molecule has 1 fully saturated rings. The van der Waals surface area contributed by atoms with Crippen molar-refractivity contribution in [2.45, 2.75) is 9.96 Å². The summed E-state index contributed by atoms with van der Waals surface area (Å²) in [5.74, 6) is -0.0100. The summed E-state index contributed by atoms with van der Waals surface area (Å²) in [5, 5.41) is 3.87. The highest BCUT2D eigenvalue weighted by atomic mass is 32.2. The van der Waals surface area contributed by atoms with E-state index in [1.54, 1.807) is 24.6 Å². The number of benzene rings is 1. The van der Waals surface area contributed by atoms with Crippen molar-refractivity contribution in [3.05, 3.63) is 53.5 Å². The van der Waals surface area contributed by atoms with E-state index < -0.39 is 9.84 Å². The minimum absolute atomic E-state index is 0.0100. The lowest BCUT2D eigenvalue weighted by atomic mass is 10.1. The average molecular weight is 471 g/mol. The number of rotatable bonds is 7. The number of piperazine rings is 1. The molecule has 32 heavy (non-hydrogen) atoms. The molecule has 0 radical (unpaired) electrons. The first-order valence-electron chi connectivity index (χ1n) is 10.7. The van der Waals surface area contributed by atoms with Gasteiger partial charge < -0.3 is 14.6 Å². The number of methoxy groups -OCH3 is 1. The number of H-pyrrole nitrogens is 1. The zero-order valence-corrected chi connectivity index (χ0v) is 19.6. The van der Waals surface area contributed by atoms with Crippen LogP contribution >= 0.6 is 11.3 Å². The number of fused-ring (bicyclic) bond motifs is 3. The molecule has 0 spiro atoms. The second-order valence-corrected chi connectivity index (χ2v) is 11.2. The van der Waals surface area contributed by atoms with Gasteiger partial charge in [0.2, 0.25) is 0 Å². The van der Waals surface area contributed by atoms with Gasteiger partial charge in [0, 0.05) is 62.3 Å². The molecule has 0 aliphatic carbocycles. The third-order valence-electron chi connectivity index (χ3n) is 6.02. The first-order valence-corrected chi connectivity index (χ1v) is 13.2. The van der Waals surface area contributed by atoms with E-state index in [9.17, 15) is 8.42 Å².